The number of thiocarbonyl (C=S) groups is 1. The van der Waals surface area contributed by atoms with Crippen LogP contribution in [0.5, 0.6) is 0 Å². The lowest BCUT2D eigenvalue weighted by atomic mass is 10.1. The van der Waals surface area contributed by atoms with Gasteiger partial charge in [-0.15, -0.1) is 0 Å². The summed E-state index contributed by atoms with van der Waals surface area (Å²) in [6, 6.07) is 13.6. The Bertz CT molecular complexity index is 771. The zero-order valence-electron chi connectivity index (χ0n) is 11.5. The van der Waals surface area contributed by atoms with Gasteiger partial charge in [0.05, 0.1) is 4.90 Å². The summed E-state index contributed by atoms with van der Waals surface area (Å²) < 4.78 is 27.3. The van der Waals surface area contributed by atoms with E-state index in [1.165, 1.54) is 12.1 Å². The average molecular weight is 320 g/mol. The van der Waals surface area contributed by atoms with Crippen LogP contribution in [0.4, 0.5) is 5.69 Å². The summed E-state index contributed by atoms with van der Waals surface area (Å²) in [5, 5.41) is 0. The lowest BCUT2D eigenvalue weighted by Crippen LogP contribution is -2.15. The molecule has 0 fully saturated rings. The third kappa shape index (κ3) is 3.80. The minimum atomic E-state index is -3.66. The molecule has 0 saturated heterocycles. The molecule has 0 radical (unpaired) electrons. The van der Waals surface area contributed by atoms with Crippen LogP contribution in [-0.4, -0.2) is 13.4 Å². The summed E-state index contributed by atoms with van der Waals surface area (Å²) in [7, 11) is -3.66. The normalized spacial score (nSPS) is 11.1. The van der Waals surface area contributed by atoms with Crippen LogP contribution in [0.1, 0.15) is 18.1 Å². The van der Waals surface area contributed by atoms with Gasteiger partial charge in [0.25, 0.3) is 10.0 Å². The fourth-order valence-electron chi connectivity index (χ4n) is 1.89. The van der Waals surface area contributed by atoms with E-state index < -0.39 is 10.0 Å². The van der Waals surface area contributed by atoms with Crippen molar-refractivity contribution in [2.45, 2.75) is 18.2 Å². The lowest BCUT2D eigenvalue weighted by Gasteiger charge is -2.10. The van der Waals surface area contributed by atoms with Crippen molar-refractivity contribution in [3.05, 3.63) is 59.7 Å². The first-order chi connectivity index (χ1) is 9.92. The number of nitrogens with one attached hydrogen (secondary N) is 1. The van der Waals surface area contributed by atoms with Crippen LogP contribution in [-0.2, 0) is 16.4 Å². The van der Waals surface area contributed by atoms with Crippen LogP contribution in [0, 0.1) is 0 Å². The first kappa shape index (κ1) is 15.5. The highest BCUT2D eigenvalue weighted by Crippen LogP contribution is 2.18. The van der Waals surface area contributed by atoms with Crippen molar-refractivity contribution in [3.8, 4) is 0 Å². The molecule has 0 amide bonds. The van der Waals surface area contributed by atoms with Gasteiger partial charge in [-0.1, -0.05) is 43.4 Å². The summed E-state index contributed by atoms with van der Waals surface area (Å²) in [6.07, 6.45) is 0.840. The fraction of sp³-hybridized carbons (Fsp3) is 0.133. The smallest absolute Gasteiger partial charge is 0.261 e. The van der Waals surface area contributed by atoms with Gasteiger partial charge >= 0.3 is 0 Å². The van der Waals surface area contributed by atoms with E-state index in [0.717, 1.165) is 12.0 Å². The van der Waals surface area contributed by atoms with E-state index in [4.69, 9.17) is 18.0 Å². The van der Waals surface area contributed by atoms with E-state index in [1.807, 2.05) is 25.1 Å². The Morgan fingerprint density at radius 1 is 1.19 bits per heavy atom. The number of aryl methyl sites for hydroxylation is 1. The maximum absolute atomic E-state index is 12.4. The van der Waals surface area contributed by atoms with Gasteiger partial charge in [0.1, 0.15) is 4.99 Å². The molecule has 0 heterocycles. The summed E-state index contributed by atoms with van der Waals surface area (Å²) in [4.78, 5) is 0.301. The molecule has 0 bridgehead atoms. The highest BCUT2D eigenvalue weighted by atomic mass is 32.2. The Labute approximate surface area is 130 Å². The molecule has 2 rings (SSSR count). The van der Waals surface area contributed by atoms with Crippen LogP contribution in [0.2, 0.25) is 0 Å². The molecule has 0 saturated carbocycles. The standard InChI is InChI=1S/C15H16N2O2S2/c1-2-11-5-3-7-13(9-11)17-21(18,19)14-8-4-6-12(10-14)15(16)20/h3-10,17H,2H2,1H3,(H2,16,20). The molecule has 4 nitrogen and oxygen atoms in total. The number of rotatable bonds is 5. The predicted octanol–water partition coefficient (Wildman–Crippen LogP) is 2.68. The molecule has 0 aliphatic carbocycles. The van der Waals surface area contributed by atoms with Crippen molar-refractivity contribution in [2.75, 3.05) is 4.72 Å². The maximum atomic E-state index is 12.4. The molecular formula is C15H16N2O2S2. The second-order valence-electron chi connectivity index (χ2n) is 4.55. The van der Waals surface area contributed by atoms with E-state index in [1.54, 1.807) is 18.2 Å². The first-order valence-corrected chi connectivity index (χ1v) is 8.33. The van der Waals surface area contributed by atoms with Gasteiger partial charge in [-0.25, -0.2) is 8.42 Å². The lowest BCUT2D eigenvalue weighted by molar-refractivity contribution is 0.601. The number of hydrogen-bond donors (Lipinski definition) is 2. The maximum Gasteiger partial charge on any atom is 0.261 e. The van der Waals surface area contributed by atoms with Gasteiger partial charge in [-0.3, -0.25) is 4.72 Å². The van der Waals surface area contributed by atoms with Crippen molar-refractivity contribution in [3.63, 3.8) is 0 Å². The Balaban J connectivity index is 2.33. The second-order valence-corrected chi connectivity index (χ2v) is 6.67. The first-order valence-electron chi connectivity index (χ1n) is 6.44. The minimum absolute atomic E-state index is 0.134. The summed E-state index contributed by atoms with van der Waals surface area (Å²) in [6.45, 7) is 2.01. The van der Waals surface area contributed by atoms with Crippen molar-refractivity contribution in [1.29, 1.82) is 0 Å². The number of sulfonamides is 1. The van der Waals surface area contributed by atoms with Crippen LogP contribution >= 0.6 is 12.2 Å². The highest BCUT2D eigenvalue weighted by Gasteiger charge is 2.15. The van der Waals surface area contributed by atoms with Crippen molar-refractivity contribution < 1.29 is 8.42 Å². The number of nitrogens with two attached hydrogens (primary N) is 1. The van der Waals surface area contributed by atoms with Gasteiger partial charge in [-0.2, -0.15) is 0 Å². The Kier molecular flexibility index (Phi) is 4.59. The van der Waals surface area contributed by atoms with Crippen LogP contribution in [0.25, 0.3) is 0 Å². The number of hydrogen-bond acceptors (Lipinski definition) is 3. The highest BCUT2D eigenvalue weighted by molar-refractivity contribution is 7.92. The molecule has 0 aliphatic rings. The van der Waals surface area contributed by atoms with Crippen molar-refractivity contribution in [1.82, 2.24) is 0 Å². The van der Waals surface area contributed by atoms with Crippen LogP contribution < -0.4 is 10.5 Å². The molecular weight excluding hydrogens is 304 g/mol. The zero-order valence-corrected chi connectivity index (χ0v) is 13.2. The molecule has 110 valence electrons. The van der Waals surface area contributed by atoms with Crippen LogP contribution in [0.3, 0.4) is 0 Å². The van der Waals surface area contributed by atoms with E-state index in [-0.39, 0.29) is 9.88 Å². The van der Waals surface area contributed by atoms with Crippen molar-refractivity contribution >= 4 is 32.9 Å². The Hall–Kier alpha value is -1.92. The number of anilines is 1. The monoisotopic (exact) mass is 320 g/mol. The molecule has 6 heteroatoms. The van der Waals surface area contributed by atoms with Crippen molar-refractivity contribution in [2.24, 2.45) is 5.73 Å². The molecule has 0 aromatic heterocycles. The SMILES string of the molecule is CCc1cccc(NS(=O)(=O)c2cccc(C(N)=S)c2)c1. The topological polar surface area (TPSA) is 72.2 Å². The zero-order chi connectivity index (χ0) is 15.5. The van der Waals surface area contributed by atoms with E-state index in [9.17, 15) is 8.42 Å². The largest absolute Gasteiger partial charge is 0.389 e. The summed E-state index contributed by atoms with van der Waals surface area (Å²) in [5.41, 5.74) is 7.66. The van der Waals surface area contributed by atoms with E-state index in [2.05, 4.69) is 4.72 Å². The summed E-state index contributed by atoms with van der Waals surface area (Å²) >= 11 is 4.87. The van der Waals surface area contributed by atoms with E-state index >= 15 is 0 Å². The molecule has 0 spiro atoms. The Morgan fingerprint density at radius 2 is 1.90 bits per heavy atom. The van der Waals surface area contributed by atoms with Gasteiger partial charge in [0.15, 0.2) is 0 Å². The van der Waals surface area contributed by atoms with E-state index in [0.29, 0.717) is 11.3 Å². The Morgan fingerprint density at radius 3 is 2.57 bits per heavy atom. The van der Waals surface area contributed by atoms with Gasteiger partial charge < -0.3 is 5.73 Å². The predicted molar refractivity (Wildman–Crippen MR) is 89.0 cm³/mol. The molecule has 0 atom stereocenters. The molecule has 0 aliphatic heterocycles. The minimum Gasteiger partial charge on any atom is -0.389 e. The quantitative estimate of drug-likeness (QED) is 0.831. The molecule has 0 unspecified atom stereocenters. The van der Waals surface area contributed by atoms with Gasteiger partial charge in [0.2, 0.25) is 0 Å². The average Bonchev–Trinajstić information content (AvgIpc) is 2.47. The third-order valence-corrected chi connectivity index (χ3v) is 4.63. The molecule has 3 N–H and O–H groups in total. The number of benzene rings is 2. The molecule has 2 aromatic carbocycles. The third-order valence-electron chi connectivity index (χ3n) is 3.02. The van der Waals surface area contributed by atoms with Gasteiger partial charge in [-0.05, 0) is 36.2 Å². The molecule has 2 aromatic rings. The summed E-state index contributed by atoms with van der Waals surface area (Å²) in [5.74, 6) is 0. The fourth-order valence-corrected chi connectivity index (χ4v) is 3.11. The second kappa shape index (κ2) is 6.24. The van der Waals surface area contributed by atoms with Gasteiger partial charge in [0, 0.05) is 11.3 Å². The molecule has 21 heavy (non-hydrogen) atoms. The van der Waals surface area contributed by atoms with Crippen LogP contribution in [0.15, 0.2) is 53.4 Å².